The zero-order chi connectivity index (χ0) is 10.8. The Hall–Kier alpha value is -0.610. The lowest BCUT2D eigenvalue weighted by molar-refractivity contribution is -0.131. The fraction of sp³-hybridized carbons (Fsp3) is 0.909. The van der Waals surface area contributed by atoms with Crippen LogP contribution in [0.25, 0.3) is 0 Å². The predicted octanol–water partition coefficient (Wildman–Crippen LogP) is 0.0303. The maximum Gasteiger partial charge on any atom is 0.222 e. The second-order valence-electron chi connectivity index (χ2n) is 4.57. The second-order valence-corrected chi connectivity index (χ2v) is 4.57. The van der Waals surface area contributed by atoms with E-state index in [0.717, 1.165) is 45.4 Å². The number of amides is 1. The van der Waals surface area contributed by atoms with E-state index in [0.29, 0.717) is 18.0 Å². The van der Waals surface area contributed by atoms with Crippen LogP contribution >= 0.6 is 0 Å². The number of fused-ring (bicyclic) bond motifs is 1. The highest BCUT2D eigenvalue weighted by atomic mass is 16.2. The first-order chi connectivity index (χ1) is 7.26. The van der Waals surface area contributed by atoms with Crippen LogP contribution in [0.5, 0.6) is 0 Å². The van der Waals surface area contributed by atoms with Gasteiger partial charge in [-0.15, -0.1) is 0 Å². The Kier molecular flexibility index (Phi) is 3.26. The van der Waals surface area contributed by atoms with Gasteiger partial charge in [0, 0.05) is 44.7 Å². The monoisotopic (exact) mass is 211 g/mol. The zero-order valence-corrected chi connectivity index (χ0v) is 9.48. The lowest BCUT2D eigenvalue weighted by Gasteiger charge is -2.41. The quantitative estimate of drug-likeness (QED) is 0.716. The van der Waals surface area contributed by atoms with Crippen molar-refractivity contribution < 1.29 is 4.79 Å². The van der Waals surface area contributed by atoms with Crippen molar-refractivity contribution in [1.29, 1.82) is 0 Å². The van der Waals surface area contributed by atoms with Crippen molar-refractivity contribution in [3.05, 3.63) is 0 Å². The first kappa shape index (κ1) is 10.9. The molecule has 0 saturated carbocycles. The number of nitrogens with zero attached hydrogens (tertiary/aromatic N) is 2. The van der Waals surface area contributed by atoms with Gasteiger partial charge >= 0.3 is 0 Å². The molecule has 2 atom stereocenters. The van der Waals surface area contributed by atoms with Crippen molar-refractivity contribution in [3.63, 3.8) is 0 Å². The zero-order valence-electron chi connectivity index (χ0n) is 9.48. The summed E-state index contributed by atoms with van der Waals surface area (Å²) in [5.74, 6) is 0.348. The number of rotatable bonds is 3. The summed E-state index contributed by atoms with van der Waals surface area (Å²) in [5.41, 5.74) is 5.76. The largest absolute Gasteiger partial charge is 0.337 e. The molecule has 0 aromatic rings. The fourth-order valence-corrected chi connectivity index (χ4v) is 2.79. The van der Waals surface area contributed by atoms with E-state index in [9.17, 15) is 4.79 Å². The Bertz CT molecular complexity index is 240. The summed E-state index contributed by atoms with van der Waals surface area (Å²) in [6.45, 7) is 5.85. The number of nitrogens with two attached hydrogens (primary N) is 1. The van der Waals surface area contributed by atoms with Crippen molar-refractivity contribution in [2.24, 2.45) is 5.73 Å². The summed E-state index contributed by atoms with van der Waals surface area (Å²) in [6.07, 6.45) is 2.89. The Morgan fingerprint density at radius 1 is 1.53 bits per heavy atom. The molecule has 4 heteroatoms. The van der Waals surface area contributed by atoms with E-state index >= 15 is 0 Å². The number of hydrogen-bond donors (Lipinski definition) is 1. The molecule has 1 amide bonds. The van der Waals surface area contributed by atoms with Crippen LogP contribution in [-0.4, -0.2) is 54.0 Å². The van der Waals surface area contributed by atoms with Crippen LogP contribution in [0.3, 0.4) is 0 Å². The first-order valence-electron chi connectivity index (χ1n) is 5.99. The van der Waals surface area contributed by atoms with Gasteiger partial charge in [0.15, 0.2) is 0 Å². The van der Waals surface area contributed by atoms with Crippen molar-refractivity contribution in [3.8, 4) is 0 Å². The fourth-order valence-electron chi connectivity index (χ4n) is 2.79. The van der Waals surface area contributed by atoms with E-state index in [1.165, 1.54) is 0 Å². The molecule has 2 aliphatic rings. The molecule has 2 unspecified atom stereocenters. The SMILES string of the molecule is CCC(CN)N1CCN2C(=O)CCC2C1. The molecule has 2 heterocycles. The third-order valence-corrected chi connectivity index (χ3v) is 3.79. The molecule has 0 aromatic heterocycles. The summed E-state index contributed by atoms with van der Waals surface area (Å²) in [7, 11) is 0. The normalized spacial score (nSPS) is 29.3. The number of hydrogen-bond acceptors (Lipinski definition) is 3. The minimum atomic E-state index is 0.348. The third-order valence-electron chi connectivity index (χ3n) is 3.79. The summed E-state index contributed by atoms with van der Waals surface area (Å²) in [4.78, 5) is 16.0. The van der Waals surface area contributed by atoms with Crippen LogP contribution < -0.4 is 5.73 Å². The molecule has 0 aromatic carbocycles. The Morgan fingerprint density at radius 2 is 2.33 bits per heavy atom. The van der Waals surface area contributed by atoms with E-state index < -0.39 is 0 Å². The maximum atomic E-state index is 11.5. The molecule has 0 spiro atoms. The molecule has 0 bridgehead atoms. The van der Waals surface area contributed by atoms with Gasteiger partial charge in [-0.3, -0.25) is 9.69 Å². The van der Waals surface area contributed by atoms with Crippen molar-refractivity contribution in [1.82, 2.24) is 9.80 Å². The number of piperazine rings is 1. The van der Waals surface area contributed by atoms with Crippen LogP contribution in [0.4, 0.5) is 0 Å². The molecule has 15 heavy (non-hydrogen) atoms. The number of carbonyl (C=O) groups excluding carboxylic acids is 1. The minimum Gasteiger partial charge on any atom is -0.337 e. The Balaban J connectivity index is 1.95. The Labute approximate surface area is 91.4 Å². The van der Waals surface area contributed by atoms with E-state index in [1.54, 1.807) is 0 Å². The van der Waals surface area contributed by atoms with Crippen LogP contribution in [-0.2, 0) is 4.79 Å². The van der Waals surface area contributed by atoms with E-state index in [4.69, 9.17) is 5.73 Å². The van der Waals surface area contributed by atoms with Gasteiger partial charge in [-0.1, -0.05) is 6.92 Å². The van der Waals surface area contributed by atoms with Gasteiger partial charge in [0.25, 0.3) is 0 Å². The molecule has 2 fully saturated rings. The highest BCUT2D eigenvalue weighted by Gasteiger charge is 2.36. The van der Waals surface area contributed by atoms with Gasteiger partial charge in [0.05, 0.1) is 0 Å². The Morgan fingerprint density at radius 3 is 3.00 bits per heavy atom. The summed E-state index contributed by atoms with van der Waals surface area (Å²) in [6, 6.07) is 0.967. The average Bonchev–Trinajstić information content (AvgIpc) is 2.62. The average molecular weight is 211 g/mol. The van der Waals surface area contributed by atoms with E-state index in [-0.39, 0.29) is 0 Å². The van der Waals surface area contributed by atoms with Crippen LogP contribution in [0, 0.1) is 0 Å². The molecular weight excluding hydrogens is 190 g/mol. The van der Waals surface area contributed by atoms with E-state index in [2.05, 4.69) is 16.7 Å². The van der Waals surface area contributed by atoms with Crippen LogP contribution in [0.1, 0.15) is 26.2 Å². The molecule has 0 aliphatic carbocycles. The van der Waals surface area contributed by atoms with Crippen molar-refractivity contribution >= 4 is 5.91 Å². The molecule has 0 radical (unpaired) electrons. The summed E-state index contributed by atoms with van der Waals surface area (Å²) >= 11 is 0. The van der Waals surface area contributed by atoms with Gasteiger partial charge in [0.2, 0.25) is 5.91 Å². The van der Waals surface area contributed by atoms with Crippen molar-refractivity contribution in [2.45, 2.75) is 38.3 Å². The molecule has 2 saturated heterocycles. The van der Waals surface area contributed by atoms with Gasteiger partial charge in [-0.05, 0) is 12.8 Å². The standard InChI is InChI=1S/C11H21N3O/c1-2-9(7-12)13-5-6-14-10(8-13)3-4-11(14)15/h9-10H,2-8,12H2,1H3. The van der Waals surface area contributed by atoms with E-state index in [1.807, 2.05) is 0 Å². The minimum absolute atomic E-state index is 0.348. The van der Waals surface area contributed by atoms with Crippen molar-refractivity contribution in [2.75, 3.05) is 26.2 Å². The van der Waals surface area contributed by atoms with Gasteiger partial charge in [-0.25, -0.2) is 0 Å². The molecule has 2 rings (SSSR count). The smallest absolute Gasteiger partial charge is 0.222 e. The van der Waals surface area contributed by atoms with Gasteiger partial charge in [0.1, 0.15) is 0 Å². The summed E-state index contributed by atoms with van der Waals surface area (Å²) in [5, 5.41) is 0. The molecular formula is C11H21N3O. The number of carbonyl (C=O) groups is 1. The maximum absolute atomic E-state index is 11.5. The third kappa shape index (κ3) is 2.01. The van der Waals surface area contributed by atoms with Gasteiger partial charge in [-0.2, -0.15) is 0 Å². The molecule has 2 N–H and O–H groups in total. The van der Waals surface area contributed by atoms with Gasteiger partial charge < -0.3 is 10.6 Å². The molecule has 4 nitrogen and oxygen atoms in total. The van der Waals surface area contributed by atoms with Crippen LogP contribution in [0.2, 0.25) is 0 Å². The van der Waals surface area contributed by atoms with Crippen LogP contribution in [0.15, 0.2) is 0 Å². The molecule has 86 valence electrons. The topological polar surface area (TPSA) is 49.6 Å². The first-order valence-corrected chi connectivity index (χ1v) is 5.99. The highest BCUT2D eigenvalue weighted by molar-refractivity contribution is 5.78. The second kappa shape index (κ2) is 4.49. The lowest BCUT2D eigenvalue weighted by atomic mass is 10.1. The summed E-state index contributed by atoms with van der Waals surface area (Å²) < 4.78 is 0. The lowest BCUT2D eigenvalue weighted by Crippen LogP contribution is -2.55. The predicted molar refractivity (Wildman–Crippen MR) is 59.4 cm³/mol. The highest BCUT2D eigenvalue weighted by Crippen LogP contribution is 2.24. The molecule has 2 aliphatic heterocycles.